The van der Waals surface area contributed by atoms with Crippen LogP contribution in [-0.4, -0.2) is 40.0 Å². The molecule has 0 radical (unpaired) electrons. The summed E-state index contributed by atoms with van der Waals surface area (Å²) < 4.78 is 10.0. The summed E-state index contributed by atoms with van der Waals surface area (Å²) >= 11 is 0. The highest BCUT2D eigenvalue weighted by Gasteiger charge is 2.09. The van der Waals surface area contributed by atoms with E-state index in [-0.39, 0.29) is 6.10 Å². The van der Waals surface area contributed by atoms with Gasteiger partial charge in [0.2, 0.25) is 0 Å². The smallest absolute Gasteiger partial charge is 0.259 e. The first-order valence-corrected chi connectivity index (χ1v) is 6.42. The monoisotopic (exact) mass is 278 g/mol. The second kappa shape index (κ2) is 6.97. The topological polar surface area (TPSA) is 93.3 Å². The van der Waals surface area contributed by atoms with Crippen LogP contribution in [0.5, 0.6) is 0 Å². The molecule has 2 rings (SSSR count). The number of anilines is 1. The predicted molar refractivity (Wildman–Crippen MR) is 73.0 cm³/mol. The van der Waals surface area contributed by atoms with Crippen molar-refractivity contribution in [3.05, 3.63) is 24.2 Å². The van der Waals surface area contributed by atoms with Crippen LogP contribution in [0.2, 0.25) is 0 Å². The Morgan fingerprint density at radius 2 is 2.30 bits per heavy atom. The Labute approximate surface area is 117 Å². The first kappa shape index (κ1) is 14.4. The van der Waals surface area contributed by atoms with E-state index < -0.39 is 0 Å². The van der Waals surface area contributed by atoms with Gasteiger partial charge in [-0.15, -0.1) is 0 Å². The molecule has 1 unspecified atom stereocenters. The van der Waals surface area contributed by atoms with E-state index >= 15 is 0 Å². The van der Waals surface area contributed by atoms with Crippen molar-refractivity contribution in [1.82, 2.24) is 15.1 Å². The molecule has 0 aromatic carbocycles. The van der Waals surface area contributed by atoms with Crippen molar-refractivity contribution < 1.29 is 14.4 Å². The van der Waals surface area contributed by atoms with E-state index in [1.807, 2.05) is 13.0 Å². The number of hydrogen-bond acceptors (Lipinski definition) is 7. The zero-order valence-electron chi connectivity index (χ0n) is 11.5. The van der Waals surface area contributed by atoms with E-state index in [9.17, 15) is 5.11 Å². The van der Waals surface area contributed by atoms with Crippen LogP contribution in [0, 0.1) is 0 Å². The number of hydrogen-bond donors (Lipinski definition) is 2. The maximum Gasteiger partial charge on any atom is 0.259 e. The highest BCUT2D eigenvalue weighted by atomic mass is 16.5. The first-order chi connectivity index (χ1) is 9.72. The standard InChI is InChI=1S/C13H18N4O3/c1-3-10(18)7-15-11-5-4-9(6-14-11)13-16-12(8-19-2)17-20-13/h4-6,10,18H,3,7-8H2,1-2H3,(H,14,15). The molecule has 0 saturated heterocycles. The minimum absolute atomic E-state index is 0.311. The van der Waals surface area contributed by atoms with E-state index in [1.165, 1.54) is 0 Å². The Bertz CT molecular complexity index is 527. The number of aromatic nitrogens is 3. The normalized spacial score (nSPS) is 12.3. The van der Waals surface area contributed by atoms with Gasteiger partial charge in [0, 0.05) is 19.9 Å². The van der Waals surface area contributed by atoms with Gasteiger partial charge in [-0.05, 0) is 18.6 Å². The van der Waals surface area contributed by atoms with Crippen molar-refractivity contribution in [2.75, 3.05) is 19.0 Å². The van der Waals surface area contributed by atoms with Crippen molar-refractivity contribution in [2.24, 2.45) is 0 Å². The van der Waals surface area contributed by atoms with Gasteiger partial charge >= 0.3 is 0 Å². The Hall–Kier alpha value is -1.99. The summed E-state index contributed by atoms with van der Waals surface area (Å²) in [5.74, 6) is 1.60. The van der Waals surface area contributed by atoms with Crippen LogP contribution in [0.4, 0.5) is 5.82 Å². The second-order valence-electron chi connectivity index (χ2n) is 4.32. The highest BCUT2D eigenvalue weighted by molar-refractivity contribution is 5.54. The molecule has 0 fully saturated rings. The molecule has 7 heteroatoms. The molecular formula is C13H18N4O3. The molecule has 2 aromatic rings. The van der Waals surface area contributed by atoms with Crippen molar-refractivity contribution in [2.45, 2.75) is 26.1 Å². The number of rotatable bonds is 7. The minimum Gasteiger partial charge on any atom is -0.391 e. The molecule has 108 valence electrons. The van der Waals surface area contributed by atoms with Crippen molar-refractivity contribution in [1.29, 1.82) is 0 Å². The lowest BCUT2D eigenvalue weighted by Crippen LogP contribution is -2.18. The van der Waals surface area contributed by atoms with E-state index in [2.05, 4.69) is 20.4 Å². The Morgan fingerprint density at radius 1 is 1.45 bits per heavy atom. The lowest BCUT2D eigenvalue weighted by molar-refractivity contribution is 0.174. The van der Waals surface area contributed by atoms with Gasteiger partial charge in [0.25, 0.3) is 5.89 Å². The van der Waals surface area contributed by atoms with Gasteiger partial charge in [-0.25, -0.2) is 4.98 Å². The molecule has 0 bridgehead atoms. The predicted octanol–water partition coefficient (Wildman–Crippen LogP) is 1.46. The summed E-state index contributed by atoms with van der Waals surface area (Å²) in [7, 11) is 1.57. The van der Waals surface area contributed by atoms with Crippen LogP contribution in [0.25, 0.3) is 11.5 Å². The summed E-state index contributed by atoms with van der Waals surface area (Å²) in [6.07, 6.45) is 1.98. The molecule has 0 aliphatic rings. The van der Waals surface area contributed by atoms with E-state index in [1.54, 1.807) is 19.4 Å². The van der Waals surface area contributed by atoms with Crippen LogP contribution in [0.15, 0.2) is 22.9 Å². The van der Waals surface area contributed by atoms with Crippen LogP contribution < -0.4 is 5.32 Å². The zero-order chi connectivity index (χ0) is 14.4. The van der Waals surface area contributed by atoms with E-state index in [0.717, 1.165) is 5.56 Å². The Kier molecular flexibility index (Phi) is 5.03. The average Bonchev–Trinajstić information content (AvgIpc) is 2.94. The second-order valence-corrected chi connectivity index (χ2v) is 4.32. The number of aliphatic hydroxyl groups is 1. The zero-order valence-corrected chi connectivity index (χ0v) is 11.5. The quantitative estimate of drug-likeness (QED) is 0.791. The fraction of sp³-hybridized carbons (Fsp3) is 0.462. The third kappa shape index (κ3) is 3.75. The van der Waals surface area contributed by atoms with Crippen LogP contribution >= 0.6 is 0 Å². The lowest BCUT2D eigenvalue weighted by Gasteiger charge is -2.09. The maximum absolute atomic E-state index is 9.47. The molecule has 0 amide bonds. The molecule has 0 saturated carbocycles. The number of nitrogens with one attached hydrogen (secondary N) is 1. The maximum atomic E-state index is 9.47. The van der Waals surface area contributed by atoms with Gasteiger partial charge in [0.15, 0.2) is 5.82 Å². The molecule has 0 aliphatic heterocycles. The molecule has 1 atom stereocenters. The van der Waals surface area contributed by atoms with Gasteiger partial charge in [0.05, 0.1) is 11.7 Å². The fourth-order valence-electron chi connectivity index (χ4n) is 1.55. The summed E-state index contributed by atoms with van der Waals surface area (Å²) in [5.41, 5.74) is 0.737. The van der Waals surface area contributed by atoms with Crippen LogP contribution in [0.3, 0.4) is 0 Å². The number of aliphatic hydroxyl groups excluding tert-OH is 1. The van der Waals surface area contributed by atoms with Crippen LogP contribution in [0.1, 0.15) is 19.2 Å². The summed E-state index contributed by atoms with van der Waals surface area (Å²) in [5, 5.41) is 16.3. The largest absolute Gasteiger partial charge is 0.391 e. The number of pyridine rings is 1. The molecule has 20 heavy (non-hydrogen) atoms. The Morgan fingerprint density at radius 3 is 2.95 bits per heavy atom. The average molecular weight is 278 g/mol. The third-order valence-corrected chi connectivity index (χ3v) is 2.74. The fourth-order valence-corrected chi connectivity index (χ4v) is 1.55. The van der Waals surface area contributed by atoms with Crippen LogP contribution in [-0.2, 0) is 11.3 Å². The van der Waals surface area contributed by atoms with Gasteiger partial charge in [-0.1, -0.05) is 12.1 Å². The van der Waals surface area contributed by atoms with Gasteiger partial charge < -0.3 is 19.7 Å². The highest BCUT2D eigenvalue weighted by Crippen LogP contribution is 2.17. The van der Waals surface area contributed by atoms with Crippen molar-refractivity contribution >= 4 is 5.82 Å². The Balaban J connectivity index is 1.99. The van der Waals surface area contributed by atoms with Crippen molar-refractivity contribution in [3.8, 4) is 11.5 Å². The SMILES string of the molecule is CCC(O)CNc1ccc(-c2nc(COC)no2)cn1. The van der Waals surface area contributed by atoms with Gasteiger partial charge in [-0.3, -0.25) is 0 Å². The lowest BCUT2D eigenvalue weighted by atomic mass is 10.2. The number of methoxy groups -OCH3 is 1. The molecule has 0 aliphatic carbocycles. The summed E-state index contributed by atoms with van der Waals surface area (Å²) in [6.45, 7) is 2.71. The van der Waals surface area contributed by atoms with Gasteiger partial charge in [-0.2, -0.15) is 4.98 Å². The summed E-state index contributed by atoms with van der Waals surface area (Å²) in [6, 6.07) is 3.63. The number of nitrogens with zero attached hydrogens (tertiary/aromatic N) is 3. The number of ether oxygens (including phenoxy) is 1. The molecule has 0 spiro atoms. The minimum atomic E-state index is -0.371. The van der Waals surface area contributed by atoms with E-state index in [0.29, 0.717) is 37.1 Å². The van der Waals surface area contributed by atoms with Crippen molar-refractivity contribution in [3.63, 3.8) is 0 Å². The van der Waals surface area contributed by atoms with Gasteiger partial charge in [0.1, 0.15) is 12.4 Å². The summed E-state index contributed by atoms with van der Waals surface area (Å²) in [4.78, 5) is 8.42. The molecule has 2 heterocycles. The molecule has 2 N–H and O–H groups in total. The first-order valence-electron chi connectivity index (χ1n) is 6.42. The third-order valence-electron chi connectivity index (χ3n) is 2.74. The molecule has 2 aromatic heterocycles. The molecule has 7 nitrogen and oxygen atoms in total. The van der Waals surface area contributed by atoms with E-state index in [4.69, 9.17) is 9.26 Å². The molecular weight excluding hydrogens is 260 g/mol.